The van der Waals surface area contributed by atoms with Gasteiger partial charge in [-0.25, -0.2) is 16.8 Å². The first-order valence-electron chi connectivity index (χ1n) is 5.83. The smallest absolute Gasteiger partial charge is 0.202 e. The molecule has 0 unspecified atom stereocenters. The molecule has 0 radical (unpaired) electrons. The average Bonchev–Trinajstić information content (AvgIpc) is 2.41. The van der Waals surface area contributed by atoms with Gasteiger partial charge in [0.15, 0.2) is 0 Å². The van der Waals surface area contributed by atoms with Crippen LogP contribution in [0.15, 0.2) is 36.4 Å². The minimum Gasteiger partial charge on any atom is -0.202 e. The van der Waals surface area contributed by atoms with Gasteiger partial charge in [-0.3, -0.25) is 0 Å². The molecule has 13 heteroatoms. The maximum atomic E-state index is 12.5. The highest BCUT2D eigenvalue weighted by atomic mass is 32.3. The van der Waals surface area contributed by atoms with E-state index in [9.17, 15) is 43.2 Å². The molecule has 0 spiro atoms. The zero-order valence-electron chi connectivity index (χ0n) is 11.4. The van der Waals surface area contributed by atoms with Crippen LogP contribution < -0.4 is 0 Å². The number of alkyl halides is 6. The summed E-state index contributed by atoms with van der Waals surface area (Å²) in [5.41, 5.74) is -12.1. The van der Waals surface area contributed by atoms with Crippen LogP contribution in [0, 0.1) is 0 Å². The molecular formula is C11H9F6NO4S2. The predicted octanol–water partition coefficient (Wildman–Crippen LogP) is 2.70. The zero-order chi connectivity index (χ0) is 18.8. The Balaban J connectivity index is 3.29. The van der Waals surface area contributed by atoms with E-state index in [1.165, 1.54) is 24.3 Å². The topological polar surface area (TPSA) is 71.5 Å². The molecule has 136 valence electrons. The molecule has 0 N–H and O–H groups in total. The zero-order valence-corrected chi connectivity index (χ0v) is 13.0. The summed E-state index contributed by atoms with van der Waals surface area (Å²) in [7, 11) is -13.5. The third kappa shape index (κ3) is 4.27. The van der Waals surface area contributed by atoms with Gasteiger partial charge in [-0.05, 0) is 5.56 Å². The van der Waals surface area contributed by atoms with Crippen molar-refractivity contribution in [2.45, 2.75) is 11.0 Å². The summed E-state index contributed by atoms with van der Waals surface area (Å²) in [6.07, 6.45) is 1.53. The molecule has 24 heavy (non-hydrogen) atoms. The Morgan fingerprint density at radius 2 is 1.25 bits per heavy atom. The Morgan fingerprint density at radius 1 is 0.833 bits per heavy atom. The SMILES string of the molecule is O=S(=O)(N(CC=Cc1ccccc1)S(=O)(=O)C(F)(F)F)C(F)(F)F. The van der Waals surface area contributed by atoms with E-state index in [0.29, 0.717) is 11.6 Å². The van der Waals surface area contributed by atoms with Crippen LogP contribution in [-0.4, -0.2) is 38.1 Å². The normalized spacial score (nSPS) is 14.5. The lowest BCUT2D eigenvalue weighted by molar-refractivity contribution is -0.0527. The van der Waals surface area contributed by atoms with E-state index in [1.54, 1.807) is 6.07 Å². The lowest BCUT2D eigenvalue weighted by Gasteiger charge is -2.22. The molecule has 0 bridgehead atoms. The van der Waals surface area contributed by atoms with Crippen molar-refractivity contribution in [3.63, 3.8) is 0 Å². The highest BCUT2D eigenvalue weighted by Gasteiger charge is 2.61. The summed E-state index contributed by atoms with van der Waals surface area (Å²) in [6.45, 7) is -1.67. The second kappa shape index (κ2) is 6.72. The first kappa shape index (κ1) is 20.4. The molecule has 1 aromatic rings. The Hall–Kier alpha value is -1.60. The molecule has 0 atom stereocenters. The highest BCUT2D eigenvalue weighted by molar-refractivity contribution is 8.04. The molecule has 0 aliphatic carbocycles. The molecule has 1 aromatic carbocycles. The van der Waals surface area contributed by atoms with Crippen molar-refractivity contribution in [3.8, 4) is 0 Å². The van der Waals surface area contributed by atoms with Crippen molar-refractivity contribution >= 4 is 26.1 Å². The summed E-state index contributed by atoms with van der Waals surface area (Å²) in [4.78, 5) is 0. The van der Waals surface area contributed by atoms with Crippen LogP contribution in [0.2, 0.25) is 0 Å². The molecule has 0 aliphatic heterocycles. The van der Waals surface area contributed by atoms with E-state index < -0.39 is 41.3 Å². The summed E-state index contributed by atoms with van der Waals surface area (Å²) < 4.78 is 118. The van der Waals surface area contributed by atoms with Gasteiger partial charge in [-0.1, -0.05) is 46.2 Å². The lowest BCUT2D eigenvalue weighted by Crippen LogP contribution is -2.49. The number of hydrogen-bond acceptors (Lipinski definition) is 4. The van der Waals surface area contributed by atoms with Crippen LogP contribution in [0.5, 0.6) is 0 Å². The van der Waals surface area contributed by atoms with Crippen molar-refractivity contribution in [2.75, 3.05) is 6.54 Å². The van der Waals surface area contributed by atoms with Gasteiger partial charge in [-0.2, -0.15) is 26.3 Å². The van der Waals surface area contributed by atoms with Gasteiger partial charge in [0.05, 0.1) is 0 Å². The van der Waals surface area contributed by atoms with E-state index >= 15 is 0 Å². The quantitative estimate of drug-likeness (QED) is 0.717. The third-order valence-corrected chi connectivity index (χ3v) is 6.20. The summed E-state index contributed by atoms with van der Waals surface area (Å²) >= 11 is 0. The molecule has 0 heterocycles. The fourth-order valence-corrected chi connectivity index (χ4v) is 3.96. The van der Waals surface area contributed by atoms with Crippen molar-refractivity contribution < 1.29 is 43.2 Å². The lowest BCUT2D eigenvalue weighted by atomic mass is 10.2. The van der Waals surface area contributed by atoms with E-state index in [4.69, 9.17) is 0 Å². The number of benzene rings is 1. The minimum atomic E-state index is -6.76. The van der Waals surface area contributed by atoms with Crippen LogP contribution in [0.25, 0.3) is 6.08 Å². The van der Waals surface area contributed by atoms with Gasteiger partial charge in [0.1, 0.15) is 0 Å². The molecule has 0 fully saturated rings. The highest BCUT2D eigenvalue weighted by Crippen LogP contribution is 2.35. The van der Waals surface area contributed by atoms with Crippen LogP contribution in [0.3, 0.4) is 0 Å². The molecule has 0 saturated carbocycles. The Kier molecular flexibility index (Phi) is 5.73. The molecular weight excluding hydrogens is 388 g/mol. The molecule has 0 aliphatic rings. The molecule has 5 nitrogen and oxygen atoms in total. The van der Waals surface area contributed by atoms with Crippen molar-refractivity contribution in [3.05, 3.63) is 42.0 Å². The fraction of sp³-hybridized carbons (Fsp3) is 0.273. The molecule has 0 aromatic heterocycles. The second-order valence-electron chi connectivity index (χ2n) is 4.17. The molecule has 1 rings (SSSR count). The summed E-state index contributed by atoms with van der Waals surface area (Å²) in [5.74, 6) is 0. The van der Waals surface area contributed by atoms with Crippen LogP contribution >= 0.6 is 0 Å². The van der Waals surface area contributed by atoms with Gasteiger partial charge < -0.3 is 0 Å². The Morgan fingerprint density at radius 3 is 1.62 bits per heavy atom. The van der Waals surface area contributed by atoms with Gasteiger partial charge in [0.2, 0.25) is 0 Å². The van der Waals surface area contributed by atoms with E-state index in [2.05, 4.69) is 0 Å². The van der Waals surface area contributed by atoms with Gasteiger partial charge in [0.25, 0.3) is 0 Å². The second-order valence-corrected chi connectivity index (χ2v) is 8.11. The van der Waals surface area contributed by atoms with Crippen LogP contribution in [0.4, 0.5) is 26.3 Å². The van der Waals surface area contributed by atoms with E-state index in [-0.39, 0.29) is 0 Å². The van der Waals surface area contributed by atoms with E-state index in [0.717, 1.165) is 6.08 Å². The monoisotopic (exact) mass is 397 g/mol. The standard InChI is InChI=1S/C11H9F6NO4S2/c12-10(13,14)23(19,20)18(24(21,22)11(15,16)17)8-4-7-9-5-2-1-3-6-9/h1-7H,8H2. The maximum Gasteiger partial charge on any atom is 0.512 e. The number of nitrogens with zero attached hydrogens (tertiary/aromatic N) is 1. The third-order valence-electron chi connectivity index (χ3n) is 2.49. The molecule has 0 amide bonds. The van der Waals surface area contributed by atoms with E-state index in [1.807, 2.05) is 0 Å². The average molecular weight is 397 g/mol. The van der Waals surface area contributed by atoms with Crippen molar-refractivity contribution in [1.82, 2.24) is 3.71 Å². The number of rotatable bonds is 5. The van der Waals surface area contributed by atoms with Gasteiger partial charge in [0, 0.05) is 6.54 Å². The number of hydrogen-bond donors (Lipinski definition) is 0. The fourth-order valence-electron chi connectivity index (χ4n) is 1.40. The first-order valence-corrected chi connectivity index (χ1v) is 8.71. The number of halogens is 6. The van der Waals surface area contributed by atoms with Crippen molar-refractivity contribution in [2.24, 2.45) is 0 Å². The molecule has 0 saturated heterocycles. The largest absolute Gasteiger partial charge is 0.512 e. The van der Waals surface area contributed by atoms with Crippen LogP contribution in [0.1, 0.15) is 5.56 Å². The van der Waals surface area contributed by atoms with Crippen molar-refractivity contribution in [1.29, 1.82) is 0 Å². The maximum absolute atomic E-state index is 12.5. The van der Waals surface area contributed by atoms with Gasteiger partial charge in [-0.15, -0.1) is 0 Å². The number of sulfonamides is 2. The Bertz CT molecular complexity index is 753. The Labute approximate surface area is 133 Å². The minimum absolute atomic E-state index is 0.311. The van der Waals surface area contributed by atoms with Crippen LogP contribution in [-0.2, 0) is 20.0 Å². The summed E-state index contributed by atoms with van der Waals surface area (Å²) in [6, 6.07) is 7.40. The summed E-state index contributed by atoms with van der Waals surface area (Å²) in [5, 5.41) is 0. The van der Waals surface area contributed by atoms with Gasteiger partial charge >= 0.3 is 31.1 Å². The predicted molar refractivity (Wildman–Crippen MR) is 72.1 cm³/mol. The first-order chi connectivity index (χ1) is 10.7.